The Morgan fingerprint density at radius 2 is 2.06 bits per heavy atom. The number of nitrogen functional groups attached to an aromatic ring is 1. The zero-order valence-electron chi connectivity index (χ0n) is 10.4. The average molecular weight is 218 g/mol. The van der Waals surface area contributed by atoms with E-state index in [9.17, 15) is 0 Å². The molecule has 1 aromatic rings. The Morgan fingerprint density at radius 3 is 2.75 bits per heavy atom. The summed E-state index contributed by atoms with van der Waals surface area (Å²) in [5, 5.41) is 0. The van der Waals surface area contributed by atoms with Crippen molar-refractivity contribution in [3.8, 4) is 0 Å². The highest BCUT2D eigenvalue weighted by atomic mass is 15.1. The van der Waals surface area contributed by atoms with Gasteiger partial charge in [-0.15, -0.1) is 0 Å². The van der Waals surface area contributed by atoms with E-state index < -0.39 is 0 Å². The first-order valence-electron chi connectivity index (χ1n) is 6.38. The Balaban J connectivity index is 2.14. The molecule has 2 heteroatoms. The van der Waals surface area contributed by atoms with Crippen molar-refractivity contribution in [2.75, 3.05) is 23.7 Å². The molecule has 0 unspecified atom stereocenters. The maximum atomic E-state index is 6.00. The van der Waals surface area contributed by atoms with E-state index in [1.54, 1.807) is 0 Å². The van der Waals surface area contributed by atoms with Gasteiger partial charge in [0.1, 0.15) is 0 Å². The van der Waals surface area contributed by atoms with E-state index in [-0.39, 0.29) is 0 Å². The van der Waals surface area contributed by atoms with Gasteiger partial charge in [0.2, 0.25) is 0 Å². The Hall–Kier alpha value is -1.18. The van der Waals surface area contributed by atoms with Gasteiger partial charge in [0.15, 0.2) is 0 Å². The molecule has 2 N–H and O–H groups in total. The summed E-state index contributed by atoms with van der Waals surface area (Å²) in [6.07, 6.45) is 3.65. The largest absolute Gasteiger partial charge is 0.398 e. The molecule has 1 heterocycles. The van der Waals surface area contributed by atoms with Gasteiger partial charge >= 0.3 is 0 Å². The van der Waals surface area contributed by atoms with Crippen LogP contribution in [0.1, 0.15) is 32.3 Å². The van der Waals surface area contributed by atoms with Crippen LogP contribution in [0.2, 0.25) is 0 Å². The molecule has 0 fully saturated rings. The van der Waals surface area contributed by atoms with Gasteiger partial charge in [-0.2, -0.15) is 0 Å². The van der Waals surface area contributed by atoms with Crippen molar-refractivity contribution in [3.05, 3.63) is 23.8 Å². The molecule has 0 atom stereocenters. The van der Waals surface area contributed by atoms with Crippen LogP contribution in [0.5, 0.6) is 0 Å². The molecule has 0 aliphatic carbocycles. The fourth-order valence-corrected chi connectivity index (χ4v) is 2.58. The molecule has 0 spiro atoms. The van der Waals surface area contributed by atoms with E-state index in [0.29, 0.717) is 0 Å². The molecule has 0 bridgehead atoms. The van der Waals surface area contributed by atoms with Crippen LogP contribution in [0.25, 0.3) is 0 Å². The summed E-state index contributed by atoms with van der Waals surface area (Å²) in [5.41, 5.74) is 9.69. The van der Waals surface area contributed by atoms with Crippen LogP contribution < -0.4 is 10.6 Å². The van der Waals surface area contributed by atoms with Crippen molar-refractivity contribution in [3.63, 3.8) is 0 Å². The number of nitrogens with two attached hydrogens (primary N) is 1. The fourth-order valence-electron chi connectivity index (χ4n) is 2.58. The van der Waals surface area contributed by atoms with Crippen molar-refractivity contribution in [2.45, 2.75) is 33.1 Å². The van der Waals surface area contributed by atoms with Crippen molar-refractivity contribution in [1.82, 2.24) is 0 Å². The molecule has 1 aliphatic rings. The van der Waals surface area contributed by atoms with E-state index >= 15 is 0 Å². The summed E-state index contributed by atoms with van der Waals surface area (Å²) in [7, 11) is 0. The van der Waals surface area contributed by atoms with E-state index in [1.807, 2.05) is 6.07 Å². The Bertz CT molecular complexity index is 356. The van der Waals surface area contributed by atoms with Crippen molar-refractivity contribution < 1.29 is 0 Å². The maximum Gasteiger partial charge on any atom is 0.0420 e. The molecule has 1 aromatic carbocycles. The molecule has 2 nitrogen and oxygen atoms in total. The third kappa shape index (κ3) is 2.01. The Labute approximate surface area is 98.4 Å². The van der Waals surface area contributed by atoms with Gasteiger partial charge in [0.25, 0.3) is 0 Å². The minimum absolute atomic E-state index is 0.812. The van der Waals surface area contributed by atoms with Gasteiger partial charge in [0, 0.05) is 30.0 Å². The van der Waals surface area contributed by atoms with E-state index in [4.69, 9.17) is 5.73 Å². The lowest BCUT2D eigenvalue weighted by atomic mass is 10.0. The van der Waals surface area contributed by atoms with Crippen LogP contribution in [-0.4, -0.2) is 13.1 Å². The highest BCUT2D eigenvalue weighted by Gasteiger charge is 2.22. The molecule has 2 rings (SSSR count). The summed E-state index contributed by atoms with van der Waals surface area (Å²) in [6.45, 7) is 6.89. The number of hydrogen-bond donors (Lipinski definition) is 1. The molecule has 0 saturated heterocycles. The highest BCUT2D eigenvalue weighted by molar-refractivity contribution is 5.68. The fraction of sp³-hybridized carbons (Fsp3) is 0.571. The third-order valence-corrected chi connectivity index (χ3v) is 3.79. The highest BCUT2D eigenvalue weighted by Crippen LogP contribution is 2.32. The summed E-state index contributed by atoms with van der Waals surface area (Å²) >= 11 is 0. The first-order chi connectivity index (χ1) is 7.76. The number of nitrogens with zero attached hydrogens (tertiary/aromatic N) is 1. The summed E-state index contributed by atoms with van der Waals surface area (Å²) in [6, 6.07) is 6.29. The van der Waals surface area contributed by atoms with Crippen LogP contribution in [0.3, 0.4) is 0 Å². The summed E-state index contributed by atoms with van der Waals surface area (Å²) < 4.78 is 0. The maximum absolute atomic E-state index is 6.00. The van der Waals surface area contributed by atoms with Crippen LogP contribution in [0.15, 0.2) is 18.2 Å². The first kappa shape index (κ1) is 11.3. The van der Waals surface area contributed by atoms with Gasteiger partial charge < -0.3 is 10.6 Å². The van der Waals surface area contributed by atoms with Crippen LogP contribution in [-0.2, 0) is 6.42 Å². The number of anilines is 2. The minimum Gasteiger partial charge on any atom is -0.398 e. The molecule has 1 aliphatic heterocycles. The van der Waals surface area contributed by atoms with E-state index in [0.717, 1.165) is 24.6 Å². The number of rotatable bonds is 4. The third-order valence-electron chi connectivity index (χ3n) is 3.79. The molecular formula is C14H22N2. The van der Waals surface area contributed by atoms with Crippen molar-refractivity contribution in [1.29, 1.82) is 0 Å². The number of fused-ring (bicyclic) bond motifs is 1. The van der Waals surface area contributed by atoms with Crippen molar-refractivity contribution in [2.24, 2.45) is 5.92 Å². The van der Waals surface area contributed by atoms with Gasteiger partial charge in [-0.1, -0.05) is 32.8 Å². The summed E-state index contributed by atoms with van der Waals surface area (Å²) in [5.74, 6) is 0.812. The molecule has 16 heavy (non-hydrogen) atoms. The van der Waals surface area contributed by atoms with Crippen LogP contribution >= 0.6 is 0 Å². The molecule has 0 aromatic heterocycles. The molecule has 88 valence electrons. The second-order valence-corrected chi connectivity index (χ2v) is 4.72. The lowest BCUT2D eigenvalue weighted by molar-refractivity contribution is 0.488. The topological polar surface area (TPSA) is 29.3 Å². The van der Waals surface area contributed by atoms with Gasteiger partial charge in [-0.3, -0.25) is 0 Å². The molecule has 0 amide bonds. The lowest BCUT2D eigenvalue weighted by Crippen LogP contribution is -2.27. The SMILES string of the molecule is CCC(CC)CN1CCc2c(N)cccc21. The zero-order chi connectivity index (χ0) is 11.5. The standard InChI is InChI=1S/C14H22N2/c1-3-11(4-2)10-16-9-8-12-13(15)6-5-7-14(12)16/h5-7,11H,3-4,8-10,15H2,1-2H3. The van der Waals surface area contributed by atoms with Gasteiger partial charge in [-0.25, -0.2) is 0 Å². The van der Waals surface area contributed by atoms with Crippen LogP contribution in [0, 0.1) is 5.92 Å². The van der Waals surface area contributed by atoms with Gasteiger partial charge in [-0.05, 0) is 24.5 Å². The number of benzene rings is 1. The lowest BCUT2D eigenvalue weighted by Gasteiger charge is -2.24. The van der Waals surface area contributed by atoms with Gasteiger partial charge in [0.05, 0.1) is 0 Å². The predicted octanol–water partition coefficient (Wildman–Crippen LogP) is 3.07. The predicted molar refractivity (Wildman–Crippen MR) is 70.8 cm³/mol. The first-order valence-corrected chi connectivity index (χ1v) is 6.38. The second-order valence-electron chi connectivity index (χ2n) is 4.72. The molecule has 0 saturated carbocycles. The molecule has 0 radical (unpaired) electrons. The number of hydrogen-bond acceptors (Lipinski definition) is 2. The van der Waals surface area contributed by atoms with E-state index in [2.05, 4.69) is 30.9 Å². The monoisotopic (exact) mass is 218 g/mol. The smallest absolute Gasteiger partial charge is 0.0420 e. The average Bonchev–Trinajstić information content (AvgIpc) is 2.71. The van der Waals surface area contributed by atoms with Crippen molar-refractivity contribution >= 4 is 11.4 Å². The molecular weight excluding hydrogens is 196 g/mol. The Kier molecular flexibility index (Phi) is 3.37. The van der Waals surface area contributed by atoms with Crippen LogP contribution in [0.4, 0.5) is 11.4 Å². The quantitative estimate of drug-likeness (QED) is 0.787. The Morgan fingerprint density at radius 1 is 1.31 bits per heavy atom. The zero-order valence-corrected chi connectivity index (χ0v) is 10.4. The second kappa shape index (κ2) is 4.77. The van der Waals surface area contributed by atoms with E-state index in [1.165, 1.54) is 30.6 Å². The normalized spacial score (nSPS) is 14.6. The minimum atomic E-state index is 0.812. The summed E-state index contributed by atoms with van der Waals surface area (Å²) in [4.78, 5) is 2.50.